The van der Waals surface area contributed by atoms with Gasteiger partial charge in [-0.25, -0.2) is 4.98 Å². The van der Waals surface area contributed by atoms with Crippen LogP contribution in [0.15, 0.2) is 40.9 Å². The van der Waals surface area contributed by atoms with E-state index in [0.717, 1.165) is 10.2 Å². The van der Waals surface area contributed by atoms with E-state index in [2.05, 4.69) is 26.2 Å². The molecule has 6 heteroatoms. The fourth-order valence-electron chi connectivity index (χ4n) is 1.36. The first-order chi connectivity index (χ1) is 8.56. The summed E-state index contributed by atoms with van der Waals surface area (Å²) in [4.78, 5) is 4.56. The summed E-state index contributed by atoms with van der Waals surface area (Å²) in [5, 5.41) is 3.77. The van der Waals surface area contributed by atoms with Gasteiger partial charge in [-0.15, -0.1) is 0 Å². The van der Waals surface area contributed by atoms with E-state index in [0.29, 0.717) is 16.5 Å². The topological polar surface area (TPSA) is 50.9 Å². The van der Waals surface area contributed by atoms with Crippen molar-refractivity contribution in [3.63, 3.8) is 0 Å². The summed E-state index contributed by atoms with van der Waals surface area (Å²) < 4.78 is 0.847. The first-order valence-electron chi connectivity index (χ1n) is 5.05. The molecule has 0 bridgehead atoms. The molecule has 0 aliphatic carbocycles. The van der Waals surface area contributed by atoms with Gasteiger partial charge in [0.15, 0.2) is 0 Å². The summed E-state index contributed by atoms with van der Waals surface area (Å²) in [6.45, 7) is 0. The second-order valence-corrected chi connectivity index (χ2v) is 5.23. The molecule has 92 valence electrons. The minimum Gasteiger partial charge on any atom is -0.388 e. The lowest BCUT2D eigenvalue weighted by Gasteiger charge is -2.07. The van der Waals surface area contributed by atoms with Crippen LogP contribution in [0.1, 0.15) is 5.69 Å². The Bertz CT molecular complexity index is 604. The second-order valence-electron chi connectivity index (χ2n) is 3.53. The maximum absolute atomic E-state index is 6.01. The summed E-state index contributed by atoms with van der Waals surface area (Å²) in [5.74, 6) is 0.665. The Hall–Kier alpha value is -1.17. The van der Waals surface area contributed by atoms with E-state index in [1.165, 1.54) is 0 Å². The van der Waals surface area contributed by atoms with E-state index in [1.54, 1.807) is 12.1 Å². The minimum atomic E-state index is 0.271. The number of nitrogens with two attached hydrogens (primary N) is 1. The summed E-state index contributed by atoms with van der Waals surface area (Å²) in [7, 11) is 0. The molecule has 0 spiro atoms. The first kappa shape index (κ1) is 13.3. The molecule has 1 aromatic heterocycles. The molecule has 0 aliphatic rings. The quantitative estimate of drug-likeness (QED) is 0.831. The Kier molecular flexibility index (Phi) is 4.16. The summed E-state index contributed by atoms with van der Waals surface area (Å²) in [6, 6.07) is 11.0. The Morgan fingerprint density at radius 2 is 2.11 bits per heavy atom. The van der Waals surface area contributed by atoms with Gasteiger partial charge in [-0.2, -0.15) is 0 Å². The molecule has 3 N–H and O–H groups in total. The SMILES string of the molecule is NC(=S)c1cccc(Nc2ccc(Br)c(Cl)c2)n1. The predicted molar refractivity (Wildman–Crippen MR) is 82.6 cm³/mol. The molecule has 2 aromatic rings. The van der Waals surface area contributed by atoms with Gasteiger partial charge in [0.2, 0.25) is 0 Å². The fraction of sp³-hybridized carbons (Fsp3) is 0. The molecule has 0 radical (unpaired) electrons. The van der Waals surface area contributed by atoms with Crippen molar-refractivity contribution < 1.29 is 0 Å². The standard InChI is InChI=1S/C12H9BrClN3S/c13-8-5-4-7(6-9(8)14)16-11-3-1-2-10(17-11)12(15)18/h1-6H,(H2,15,18)(H,16,17). The summed E-state index contributed by atoms with van der Waals surface area (Å²) in [6.07, 6.45) is 0. The van der Waals surface area contributed by atoms with Crippen LogP contribution in [0.3, 0.4) is 0 Å². The molecule has 3 nitrogen and oxygen atoms in total. The molecular weight excluding hydrogens is 334 g/mol. The second kappa shape index (κ2) is 5.65. The van der Waals surface area contributed by atoms with E-state index in [1.807, 2.05) is 24.3 Å². The molecule has 0 atom stereocenters. The molecule has 0 saturated heterocycles. The normalized spacial score (nSPS) is 10.1. The van der Waals surface area contributed by atoms with Gasteiger partial charge >= 0.3 is 0 Å². The molecule has 0 aliphatic heterocycles. The van der Waals surface area contributed by atoms with E-state index < -0.39 is 0 Å². The molecule has 0 unspecified atom stereocenters. The lowest BCUT2D eigenvalue weighted by molar-refractivity contribution is 1.28. The lowest BCUT2D eigenvalue weighted by atomic mass is 10.3. The number of hydrogen-bond donors (Lipinski definition) is 2. The van der Waals surface area contributed by atoms with Crippen LogP contribution in [0.2, 0.25) is 5.02 Å². The number of nitrogens with zero attached hydrogens (tertiary/aromatic N) is 1. The van der Waals surface area contributed by atoms with E-state index >= 15 is 0 Å². The third-order valence-electron chi connectivity index (χ3n) is 2.19. The zero-order valence-electron chi connectivity index (χ0n) is 9.15. The van der Waals surface area contributed by atoms with Crippen LogP contribution in [-0.2, 0) is 0 Å². The Morgan fingerprint density at radius 3 is 2.78 bits per heavy atom. The highest BCUT2D eigenvalue weighted by Crippen LogP contribution is 2.26. The molecule has 18 heavy (non-hydrogen) atoms. The third kappa shape index (κ3) is 3.19. The monoisotopic (exact) mass is 341 g/mol. The highest BCUT2D eigenvalue weighted by Gasteiger charge is 2.02. The van der Waals surface area contributed by atoms with Crippen molar-refractivity contribution in [3.05, 3.63) is 51.6 Å². The Balaban J connectivity index is 2.25. The van der Waals surface area contributed by atoms with E-state index in [4.69, 9.17) is 29.6 Å². The van der Waals surface area contributed by atoms with Crippen LogP contribution >= 0.6 is 39.7 Å². The van der Waals surface area contributed by atoms with Gasteiger partial charge < -0.3 is 11.1 Å². The van der Waals surface area contributed by atoms with Crippen LogP contribution < -0.4 is 11.1 Å². The molecule has 0 amide bonds. The Labute approximate surface area is 123 Å². The molecule has 2 rings (SSSR count). The van der Waals surface area contributed by atoms with Crippen molar-refractivity contribution in [2.24, 2.45) is 5.73 Å². The molecule has 0 fully saturated rings. The van der Waals surface area contributed by atoms with Gasteiger partial charge in [0.05, 0.1) is 10.7 Å². The number of rotatable bonds is 3. The van der Waals surface area contributed by atoms with E-state index in [9.17, 15) is 0 Å². The van der Waals surface area contributed by atoms with Crippen LogP contribution in [0.4, 0.5) is 11.5 Å². The zero-order chi connectivity index (χ0) is 13.1. The number of anilines is 2. The summed E-state index contributed by atoms with van der Waals surface area (Å²) >= 11 is 14.2. The van der Waals surface area contributed by atoms with Gasteiger partial charge in [-0.1, -0.05) is 29.9 Å². The average molecular weight is 343 g/mol. The number of pyridine rings is 1. The maximum atomic E-state index is 6.01. The largest absolute Gasteiger partial charge is 0.388 e. The molecule has 0 saturated carbocycles. The van der Waals surface area contributed by atoms with Crippen LogP contribution in [-0.4, -0.2) is 9.97 Å². The number of halogens is 2. The van der Waals surface area contributed by atoms with Crippen molar-refractivity contribution in [1.29, 1.82) is 0 Å². The molecule has 1 aromatic carbocycles. The van der Waals surface area contributed by atoms with Crippen LogP contribution in [0, 0.1) is 0 Å². The van der Waals surface area contributed by atoms with Gasteiger partial charge in [0.1, 0.15) is 10.8 Å². The van der Waals surface area contributed by atoms with Gasteiger partial charge in [-0.3, -0.25) is 0 Å². The summed E-state index contributed by atoms with van der Waals surface area (Å²) in [5.41, 5.74) is 6.96. The molecular formula is C12H9BrClN3S. The van der Waals surface area contributed by atoms with Crippen molar-refractivity contribution in [2.75, 3.05) is 5.32 Å². The predicted octanol–water partition coefficient (Wildman–Crippen LogP) is 3.88. The third-order valence-corrected chi connectivity index (χ3v) is 3.64. The van der Waals surface area contributed by atoms with Gasteiger partial charge in [0.25, 0.3) is 0 Å². The highest BCUT2D eigenvalue weighted by atomic mass is 79.9. The van der Waals surface area contributed by atoms with Crippen molar-refractivity contribution in [3.8, 4) is 0 Å². The number of aromatic nitrogens is 1. The average Bonchev–Trinajstić information content (AvgIpc) is 2.34. The van der Waals surface area contributed by atoms with Gasteiger partial charge in [-0.05, 0) is 46.3 Å². The lowest BCUT2D eigenvalue weighted by Crippen LogP contribution is -2.12. The van der Waals surface area contributed by atoms with Crippen LogP contribution in [0.25, 0.3) is 0 Å². The maximum Gasteiger partial charge on any atom is 0.131 e. The van der Waals surface area contributed by atoms with Crippen molar-refractivity contribution >= 4 is 56.2 Å². The number of hydrogen-bond acceptors (Lipinski definition) is 3. The number of thiocarbonyl (C=S) groups is 1. The number of benzene rings is 1. The molecule has 1 heterocycles. The zero-order valence-corrected chi connectivity index (χ0v) is 12.3. The fourth-order valence-corrected chi connectivity index (χ4v) is 1.90. The van der Waals surface area contributed by atoms with Crippen molar-refractivity contribution in [2.45, 2.75) is 0 Å². The smallest absolute Gasteiger partial charge is 0.131 e. The van der Waals surface area contributed by atoms with E-state index in [-0.39, 0.29) is 4.99 Å². The van der Waals surface area contributed by atoms with Crippen LogP contribution in [0.5, 0.6) is 0 Å². The highest BCUT2D eigenvalue weighted by molar-refractivity contribution is 9.10. The number of nitrogens with one attached hydrogen (secondary N) is 1. The van der Waals surface area contributed by atoms with Crippen molar-refractivity contribution in [1.82, 2.24) is 4.98 Å². The first-order valence-corrected chi connectivity index (χ1v) is 6.63. The minimum absolute atomic E-state index is 0.271. The Morgan fingerprint density at radius 1 is 1.33 bits per heavy atom. The van der Waals surface area contributed by atoms with Gasteiger partial charge in [0, 0.05) is 10.2 Å².